The fourth-order valence-electron chi connectivity index (χ4n) is 1.50. The molecule has 5 nitrogen and oxygen atoms in total. The molecule has 0 fully saturated rings. The monoisotopic (exact) mass is 294 g/mol. The first-order chi connectivity index (χ1) is 8.09. The molecule has 1 aromatic carbocycles. The summed E-state index contributed by atoms with van der Waals surface area (Å²) in [6.07, 6.45) is 1.53. The Bertz CT molecular complexity index is 538. The smallest absolute Gasteiger partial charge is 0.276 e. The van der Waals surface area contributed by atoms with E-state index in [-0.39, 0.29) is 5.91 Å². The molecule has 3 N–H and O–H groups in total. The first-order valence-electron chi connectivity index (χ1n) is 4.92. The SMILES string of the molecule is CN(C(=O)c1ccn[nH]1)c1ccc(Br)cc1N. The van der Waals surface area contributed by atoms with Gasteiger partial charge in [0.25, 0.3) is 5.91 Å². The molecule has 2 rings (SSSR count). The molecular weight excluding hydrogens is 284 g/mol. The number of halogens is 1. The molecule has 88 valence electrons. The van der Waals surface area contributed by atoms with Crippen molar-refractivity contribution in [3.63, 3.8) is 0 Å². The third-order valence-electron chi connectivity index (χ3n) is 2.39. The largest absolute Gasteiger partial charge is 0.397 e. The zero-order valence-corrected chi connectivity index (χ0v) is 10.7. The van der Waals surface area contributed by atoms with Crippen molar-refractivity contribution >= 4 is 33.2 Å². The number of aromatic nitrogens is 2. The fourth-order valence-corrected chi connectivity index (χ4v) is 1.87. The fraction of sp³-hybridized carbons (Fsp3) is 0.0909. The number of H-pyrrole nitrogens is 1. The molecule has 0 aliphatic heterocycles. The van der Waals surface area contributed by atoms with E-state index in [0.29, 0.717) is 17.1 Å². The highest BCUT2D eigenvalue weighted by atomic mass is 79.9. The van der Waals surface area contributed by atoms with Crippen molar-refractivity contribution in [2.24, 2.45) is 0 Å². The van der Waals surface area contributed by atoms with Crippen LogP contribution in [0.15, 0.2) is 34.9 Å². The number of anilines is 2. The third kappa shape index (κ3) is 2.31. The van der Waals surface area contributed by atoms with Crippen LogP contribution >= 0.6 is 15.9 Å². The van der Waals surface area contributed by atoms with Gasteiger partial charge in [0.2, 0.25) is 0 Å². The number of benzene rings is 1. The summed E-state index contributed by atoms with van der Waals surface area (Å²) in [5, 5.41) is 6.37. The Balaban J connectivity index is 2.31. The maximum Gasteiger partial charge on any atom is 0.276 e. The normalized spacial score (nSPS) is 10.2. The number of nitrogen functional groups attached to an aromatic ring is 1. The van der Waals surface area contributed by atoms with E-state index in [2.05, 4.69) is 26.1 Å². The van der Waals surface area contributed by atoms with Gasteiger partial charge in [0.1, 0.15) is 5.69 Å². The van der Waals surface area contributed by atoms with Gasteiger partial charge in [-0.25, -0.2) is 0 Å². The van der Waals surface area contributed by atoms with Gasteiger partial charge in [0, 0.05) is 17.7 Å². The molecule has 0 bridgehead atoms. The van der Waals surface area contributed by atoms with Gasteiger partial charge in [-0.15, -0.1) is 0 Å². The molecule has 17 heavy (non-hydrogen) atoms. The van der Waals surface area contributed by atoms with E-state index in [1.807, 2.05) is 6.07 Å². The van der Waals surface area contributed by atoms with Gasteiger partial charge in [0.15, 0.2) is 0 Å². The molecule has 0 spiro atoms. The quantitative estimate of drug-likeness (QED) is 0.832. The second-order valence-corrected chi connectivity index (χ2v) is 4.45. The summed E-state index contributed by atoms with van der Waals surface area (Å²) in [7, 11) is 1.67. The first-order valence-corrected chi connectivity index (χ1v) is 5.71. The Labute approximate surface area is 107 Å². The van der Waals surface area contributed by atoms with Crippen LogP contribution in [0.4, 0.5) is 11.4 Å². The number of nitrogens with one attached hydrogen (secondary N) is 1. The van der Waals surface area contributed by atoms with Crippen LogP contribution in [0, 0.1) is 0 Å². The summed E-state index contributed by atoms with van der Waals surface area (Å²) in [6.45, 7) is 0. The first kappa shape index (κ1) is 11.7. The van der Waals surface area contributed by atoms with Crippen molar-refractivity contribution in [1.29, 1.82) is 0 Å². The summed E-state index contributed by atoms with van der Waals surface area (Å²) in [4.78, 5) is 13.5. The van der Waals surface area contributed by atoms with Gasteiger partial charge in [-0.05, 0) is 24.3 Å². The number of aromatic amines is 1. The summed E-state index contributed by atoms with van der Waals surface area (Å²) >= 11 is 3.32. The Morgan fingerprint density at radius 2 is 2.24 bits per heavy atom. The van der Waals surface area contributed by atoms with Crippen LogP contribution in [-0.4, -0.2) is 23.2 Å². The minimum Gasteiger partial charge on any atom is -0.397 e. The van der Waals surface area contributed by atoms with Crippen molar-refractivity contribution in [3.05, 3.63) is 40.6 Å². The number of hydrogen-bond acceptors (Lipinski definition) is 3. The van der Waals surface area contributed by atoms with Crippen LogP contribution in [0.3, 0.4) is 0 Å². The molecule has 0 aliphatic rings. The Kier molecular flexibility index (Phi) is 3.14. The van der Waals surface area contributed by atoms with E-state index in [0.717, 1.165) is 4.47 Å². The molecule has 0 atom stereocenters. The molecular formula is C11H11BrN4O. The van der Waals surface area contributed by atoms with Gasteiger partial charge in [-0.1, -0.05) is 15.9 Å². The van der Waals surface area contributed by atoms with Crippen LogP contribution in [-0.2, 0) is 0 Å². The highest BCUT2D eigenvalue weighted by molar-refractivity contribution is 9.10. The molecule has 6 heteroatoms. The van der Waals surface area contributed by atoms with Crippen molar-refractivity contribution in [2.75, 3.05) is 17.7 Å². The number of nitrogens with zero attached hydrogens (tertiary/aromatic N) is 2. The lowest BCUT2D eigenvalue weighted by atomic mass is 10.2. The molecule has 0 saturated carbocycles. The molecule has 2 aromatic rings. The molecule has 0 unspecified atom stereocenters. The number of carbonyl (C=O) groups is 1. The van der Waals surface area contributed by atoms with Gasteiger partial charge in [-0.2, -0.15) is 5.10 Å². The van der Waals surface area contributed by atoms with Gasteiger partial charge >= 0.3 is 0 Å². The zero-order valence-electron chi connectivity index (χ0n) is 9.14. The molecule has 1 amide bonds. The highest BCUT2D eigenvalue weighted by Crippen LogP contribution is 2.26. The van der Waals surface area contributed by atoms with Gasteiger partial charge in [0.05, 0.1) is 11.4 Å². The number of amides is 1. The topological polar surface area (TPSA) is 75.0 Å². The average Bonchev–Trinajstić information content (AvgIpc) is 2.80. The van der Waals surface area contributed by atoms with Crippen LogP contribution < -0.4 is 10.6 Å². The van der Waals surface area contributed by atoms with Gasteiger partial charge < -0.3 is 10.6 Å². The summed E-state index contributed by atoms with van der Waals surface area (Å²) in [5.41, 5.74) is 7.49. The van der Waals surface area contributed by atoms with E-state index in [1.54, 1.807) is 25.2 Å². The predicted octanol–water partition coefficient (Wildman–Crippen LogP) is 2.03. The Morgan fingerprint density at radius 3 is 2.82 bits per heavy atom. The van der Waals surface area contributed by atoms with E-state index in [9.17, 15) is 4.79 Å². The van der Waals surface area contributed by atoms with E-state index in [1.165, 1.54) is 11.1 Å². The summed E-state index contributed by atoms with van der Waals surface area (Å²) < 4.78 is 0.876. The van der Waals surface area contributed by atoms with Crippen molar-refractivity contribution in [2.45, 2.75) is 0 Å². The van der Waals surface area contributed by atoms with Gasteiger partial charge in [-0.3, -0.25) is 9.89 Å². The molecule has 0 saturated heterocycles. The zero-order chi connectivity index (χ0) is 12.4. The average molecular weight is 295 g/mol. The summed E-state index contributed by atoms with van der Waals surface area (Å²) in [5.74, 6) is -0.184. The van der Waals surface area contributed by atoms with E-state index < -0.39 is 0 Å². The Hall–Kier alpha value is -1.82. The second kappa shape index (κ2) is 4.58. The summed E-state index contributed by atoms with van der Waals surface area (Å²) in [6, 6.07) is 7.00. The second-order valence-electron chi connectivity index (χ2n) is 3.54. The van der Waals surface area contributed by atoms with Crippen LogP contribution in [0.2, 0.25) is 0 Å². The third-order valence-corrected chi connectivity index (χ3v) is 2.88. The lowest BCUT2D eigenvalue weighted by Crippen LogP contribution is -2.27. The van der Waals surface area contributed by atoms with Crippen molar-refractivity contribution in [3.8, 4) is 0 Å². The molecule has 0 aliphatic carbocycles. The van der Waals surface area contributed by atoms with Crippen LogP contribution in [0.5, 0.6) is 0 Å². The lowest BCUT2D eigenvalue weighted by Gasteiger charge is -2.18. The van der Waals surface area contributed by atoms with Crippen LogP contribution in [0.25, 0.3) is 0 Å². The molecule has 1 aromatic heterocycles. The number of carbonyl (C=O) groups excluding carboxylic acids is 1. The number of hydrogen-bond donors (Lipinski definition) is 2. The minimum atomic E-state index is -0.184. The number of rotatable bonds is 2. The standard InChI is InChI=1S/C11H11BrN4O/c1-16(11(17)9-4-5-14-15-9)10-3-2-7(12)6-8(10)13/h2-6H,13H2,1H3,(H,14,15). The minimum absolute atomic E-state index is 0.184. The van der Waals surface area contributed by atoms with Crippen molar-refractivity contribution < 1.29 is 4.79 Å². The van der Waals surface area contributed by atoms with E-state index in [4.69, 9.17) is 5.73 Å². The Morgan fingerprint density at radius 1 is 1.47 bits per heavy atom. The lowest BCUT2D eigenvalue weighted by molar-refractivity contribution is 0.0988. The maximum absolute atomic E-state index is 12.0. The van der Waals surface area contributed by atoms with Crippen LogP contribution in [0.1, 0.15) is 10.5 Å². The van der Waals surface area contributed by atoms with E-state index >= 15 is 0 Å². The predicted molar refractivity (Wildman–Crippen MR) is 69.9 cm³/mol. The maximum atomic E-state index is 12.0. The highest BCUT2D eigenvalue weighted by Gasteiger charge is 2.16. The molecule has 1 heterocycles. The number of nitrogens with two attached hydrogens (primary N) is 1. The van der Waals surface area contributed by atoms with Crippen molar-refractivity contribution in [1.82, 2.24) is 10.2 Å². The molecule has 0 radical (unpaired) electrons.